The highest BCUT2D eigenvalue weighted by atomic mass is 15.4. The number of hydrogen-bond acceptors (Lipinski definition) is 5. The summed E-state index contributed by atoms with van der Waals surface area (Å²) >= 11 is 0. The number of pyridine rings is 1. The fraction of sp³-hybridized carbons (Fsp3) is 0.333. The summed E-state index contributed by atoms with van der Waals surface area (Å²) in [6, 6.07) is 23.2. The van der Waals surface area contributed by atoms with E-state index in [0.717, 1.165) is 34.7 Å². The molecule has 1 aliphatic rings. The van der Waals surface area contributed by atoms with E-state index < -0.39 is 0 Å². The van der Waals surface area contributed by atoms with Gasteiger partial charge in [0.25, 0.3) is 0 Å². The molecule has 1 fully saturated rings. The lowest BCUT2D eigenvalue weighted by molar-refractivity contribution is 0.334. The predicted molar refractivity (Wildman–Crippen MR) is 136 cm³/mol. The lowest BCUT2D eigenvalue weighted by Gasteiger charge is -2.14. The van der Waals surface area contributed by atoms with E-state index in [9.17, 15) is 0 Å². The van der Waals surface area contributed by atoms with Crippen LogP contribution in [0.4, 0.5) is 17.3 Å². The van der Waals surface area contributed by atoms with Gasteiger partial charge in [-0.15, -0.1) is 5.10 Å². The Morgan fingerprint density at radius 2 is 1.73 bits per heavy atom. The molecule has 0 amide bonds. The van der Waals surface area contributed by atoms with Gasteiger partial charge in [0.2, 0.25) is 5.95 Å². The van der Waals surface area contributed by atoms with Crippen molar-refractivity contribution in [2.45, 2.75) is 25.7 Å². The van der Waals surface area contributed by atoms with Crippen LogP contribution in [0.5, 0.6) is 0 Å². The van der Waals surface area contributed by atoms with Gasteiger partial charge in [-0.25, -0.2) is 4.52 Å². The number of rotatable bonds is 8. The SMILES string of the molecule is CN(C)c1cccc(-c2cccc3nc(Nc4ccc(CCCN5CCCC5)cc4)nn23)c1. The van der Waals surface area contributed by atoms with E-state index in [4.69, 9.17) is 10.1 Å². The van der Waals surface area contributed by atoms with E-state index in [2.05, 4.69) is 83.8 Å². The van der Waals surface area contributed by atoms with E-state index in [1.54, 1.807) is 0 Å². The Labute approximate surface area is 195 Å². The maximum absolute atomic E-state index is 4.75. The standard InChI is InChI=1S/C27H32N6/c1-31(2)24-10-5-9-22(20-24)25-11-6-12-26-29-27(30-33(25)26)28-23-15-13-21(14-16-23)8-7-19-32-17-3-4-18-32/h5-6,9-16,20H,3-4,7-8,17-19H2,1-2H3,(H,28,30). The lowest BCUT2D eigenvalue weighted by atomic mass is 10.1. The zero-order valence-electron chi connectivity index (χ0n) is 19.5. The third-order valence-electron chi connectivity index (χ3n) is 6.37. The highest BCUT2D eigenvalue weighted by Crippen LogP contribution is 2.25. The minimum Gasteiger partial charge on any atom is -0.378 e. The number of nitrogens with one attached hydrogen (secondary N) is 1. The summed E-state index contributed by atoms with van der Waals surface area (Å²) < 4.78 is 1.91. The molecule has 1 aliphatic heterocycles. The number of hydrogen-bond donors (Lipinski definition) is 1. The Bertz CT molecular complexity index is 1210. The van der Waals surface area contributed by atoms with Gasteiger partial charge in [0.15, 0.2) is 5.65 Å². The van der Waals surface area contributed by atoms with Crippen LogP contribution < -0.4 is 10.2 Å². The van der Waals surface area contributed by atoms with Crippen LogP contribution in [0.1, 0.15) is 24.8 Å². The molecule has 6 heteroatoms. The molecule has 1 saturated heterocycles. The third-order valence-corrected chi connectivity index (χ3v) is 6.37. The minimum atomic E-state index is 0.605. The fourth-order valence-electron chi connectivity index (χ4n) is 4.52. The molecule has 0 unspecified atom stereocenters. The first kappa shape index (κ1) is 21.5. The molecule has 6 nitrogen and oxygen atoms in total. The number of anilines is 3. The molecule has 0 bridgehead atoms. The Hall–Kier alpha value is -3.38. The molecule has 0 saturated carbocycles. The van der Waals surface area contributed by atoms with Crippen LogP contribution in [0.3, 0.4) is 0 Å². The van der Waals surface area contributed by atoms with Gasteiger partial charge in [0.1, 0.15) is 0 Å². The largest absolute Gasteiger partial charge is 0.378 e. The molecule has 2 aromatic heterocycles. The molecular formula is C27H32N6. The Kier molecular flexibility index (Phi) is 6.26. The maximum atomic E-state index is 4.75. The average molecular weight is 441 g/mol. The van der Waals surface area contributed by atoms with Crippen molar-refractivity contribution in [1.29, 1.82) is 0 Å². The molecular weight excluding hydrogens is 408 g/mol. The van der Waals surface area contributed by atoms with E-state index in [0.29, 0.717) is 5.95 Å². The van der Waals surface area contributed by atoms with Gasteiger partial charge in [-0.3, -0.25) is 0 Å². The van der Waals surface area contributed by atoms with E-state index in [1.807, 2.05) is 16.6 Å². The van der Waals surface area contributed by atoms with Crippen LogP contribution in [0.15, 0.2) is 66.7 Å². The number of nitrogens with zero attached hydrogens (tertiary/aromatic N) is 5. The number of fused-ring (bicyclic) bond motifs is 1. The first-order valence-electron chi connectivity index (χ1n) is 11.9. The van der Waals surface area contributed by atoms with Crippen LogP contribution in [0.25, 0.3) is 16.9 Å². The molecule has 1 N–H and O–H groups in total. The van der Waals surface area contributed by atoms with Crippen LogP contribution in [0, 0.1) is 0 Å². The lowest BCUT2D eigenvalue weighted by Crippen LogP contribution is -2.20. The highest BCUT2D eigenvalue weighted by molar-refractivity contribution is 5.68. The van der Waals surface area contributed by atoms with Gasteiger partial charge in [0, 0.05) is 31.0 Å². The number of benzene rings is 2. The summed E-state index contributed by atoms with van der Waals surface area (Å²) in [5, 5.41) is 8.12. The Morgan fingerprint density at radius 3 is 2.52 bits per heavy atom. The van der Waals surface area contributed by atoms with Crippen LogP contribution in [-0.4, -0.2) is 53.2 Å². The zero-order chi connectivity index (χ0) is 22.6. The molecule has 3 heterocycles. The Balaban J connectivity index is 1.29. The van der Waals surface area contributed by atoms with E-state index in [1.165, 1.54) is 44.5 Å². The minimum absolute atomic E-state index is 0.605. The number of aryl methyl sites for hydroxylation is 1. The highest BCUT2D eigenvalue weighted by Gasteiger charge is 2.11. The topological polar surface area (TPSA) is 48.7 Å². The molecule has 0 spiro atoms. The zero-order valence-corrected chi connectivity index (χ0v) is 19.5. The molecule has 170 valence electrons. The van der Waals surface area contributed by atoms with Crippen molar-refractivity contribution < 1.29 is 0 Å². The molecule has 33 heavy (non-hydrogen) atoms. The van der Waals surface area contributed by atoms with Crippen LogP contribution in [-0.2, 0) is 6.42 Å². The summed E-state index contributed by atoms with van der Waals surface area (Å²) in [4.78, 5) is 9.38. The van der Waals surface area contributed by atoms with Gasteiger partial charge >= 0.3 is 0 Å². The van der Waals surface area contributed by atoms with Crippen molar-refractivity contribution in [3.63, 3.8) is 0 Å². The number of aromatic nitrogens is 3. The summed E-state index contributed by atoms with van der Waals surface area (Å²) in [5.41, 5.74) is 6.50. The molecule has 4 aromatic rings. The normalized spacial score (nSPS) is 14.1. The van der Waals surface area contributed by atoms with Crippen molar-refractivity contribution in [3.8, 4) is 11.3 Å². The van der Waals surface area contributed by atoms with Gasteiger partial charge < -0.3 is 15.1 Å². The van der Waals surface area contributed by atoms with Crippen LogP contribution in [0.2, 0.25) is 0 Å². The summed E-state index contributed by atoms with van der Waals surface area (Å²) in [5.74, 6) is 0.605. The van der Waals surface area contributed by atoms with E-state index in [-0.39, 0.29) is 0 Å². The van der Waals surface area contributed by atoms with Gasteiger partial charge in [0.05, 0.1) is 5.69 Å². The Morgan fingerprint density at radius 1 is 0.939 bits per heavy atom. The maximum Gasteiger partial charge on any atom is 0.247 e. The van der Waals surface area contributed by atoms with Crippen molar-refractivity contribution in [1.82, 2.24) is 19.5 Å². The second-order valence-electron chi connectivity index (χ2n) is 9.04. The van der Waals surface area contributed by atoms with Crippen molar-refractivity contribution in [2.75, 3.05) is 43.9 Å². The van der Waals surface area contributed by atoms with Crippen molar-refractivity contribution in [3.05, 3.63) is 72.3 Å². The fourth-order valence-corrected chi connectivity index (χ4v) is 4.52. The second-order valence-corrected chi connectivity index (χ2v) is 9.04. The quantitative estimate of drug-likeness (QED) is 0.406. The third kappa shape index (κ3) is 5.01. The van der Waals surface area contributed by atoms with Gasteiger partial charge in [-0.1, -0.05) is 30.3 Å². The summed E-state index contributed by atoms with van der Waals surface area (Å²) in [6.07, 6.45) is 5.07. The van der Waals surface area contributed by atoms with Crippen molar-refractivity contribution in [2.24, 2.45) is 0 Å². The second kappa shape index (κ2) is 9.63. The first-order chi connectivity index (χ1) is 16.2. The molecule has 0 radical (unpaired) electrons. The van der Waals surface area contributed by atoms with Crippen LogP contribution >= 0.6 is 0 Å². The van der Waals surface area contributed by atoms with Gasteiger partial charge in [-0.05, 0) is 87.3 Å². The number of likely N-dealkylation sites (tertiary alicyclic amines) is 1. The van der Waals surface area contributed by atoms with Gasteiger partial charge in [-0.2, -0.15) is 4.98 Å². The molecule has 2 aromatic carbocycles. The average Bonchev–Trinajstić information content (AvgIpc) is 3.49. The molecule has 0 aliphatic carbocycles. The van der Waals surface area contributed by atoms with E-state index >= 15 is 0 Å². The monoisotopic (exact) mass is 440 g/mol. The van der Waals surface area contributed by atoms with Crippen molar-refractivity contribution >= 4 is 23.0 Å². The first-order valence-corrected chi connectivity index (χ1v) is 11.9. The summed E-state index contributed by atoms with van der Waals surface area (Å²) in [6.45, 7) is 3.76. The molecule has 5 rings (SSSR count). The smallest absolute Gasteiger partial charge is 0.247 e. The summed E-state index contributed by atoms with van der Waals surface area (Å²) in [7, 11) is 4.10. The molecule has 0 atom stereocenters. The predicted octanol–water partition coefficient (Wildman–Crippen LogP) is 5.23.